The van der Waals surface area contributed by atoms with Gasteiger partial charge in [0.15, 0.2) is 0 Å². The number of carbonyl (C=O) groups is 1. The number of carbonyl (C=O) groups excluding carboxylic acids is 1. The van der Waals surface area contributed by atoms with Gasteiger partial charge in [-0.25, -0.2) is 0 Å². The summed E-state index contributed by atoms with van der Waals surface area (Å²) in [7, 11) is 0. The first-order valence-corrected chi connectivity index (χ1v) is 5.62. The summed E-state index contributed by atoms with van der Waals surface area (Å²) >= 11 is 0. The molecule has 1 saturated heterocycles. The third-order valence-corrected chi connectivity index (χ3v) is 3.87. The molecule has 0 aromatic rings. The third kappa shape index (κ3) is 1.71. The van der Waals surface area contributed by atoms with Gasteiger partial charge in [-0.1, -0.05) is 0 Å². The smallest absolute Gasteiger partial charge is 0.139 e. The van der Waals surface area contributed by atoms with Crippen LogP contribution >= 0.6 is 0 Å². The topological polar surface area (TPSA) is 49.3 Å². The maximum atomic E-state index is 11.9. The van der Waals surface area contributed by atoms with E-state index in [0.717, 1.165) is 38.8 Å². The van der Waals surface area contributed by atoms with Crippen LogP contribution in [0.4, 0.5) is 0 Å². The molecule has 1 unspecified atom stereocenters. The Bertz CT molecular complexity index is 221. The number of hydrogen-bond donors (Lipinski definition) is 2. The van der Waals surface area contributed by atoms with Crippen molar-refractivity contribution in [1.82, 2.24) is 5.32 Å². The van der Waals surface area contributed by atoms with E-state index in [1.807, 2.05) is 0 Å². The van der Waals surface area contributed by atoms with Crippen molar-refractivity contribution in [3.05, 3.63) is 0 Å². The third-order valence-electron chi connectivity index (χ3n) is 3.87. The summed E-state index contributed by atoms with van der Waals surface area (Å²) in [6.07, 6.45) is 4.45. The zero-order valence-corrected chi connectivity index (χ0v) is 8.59. The van der Waals surface area contributed by atoms with Crippen LogP contribution in [0.15, 0.2) is 0 Å². The predicted octanol–water partition coefficient (Wildman–Crippen LogP) is 0.718. The van der Waals surface area contributed by atoms with E-state index in [9.17, 15) is 4.79 Å². The number of aliphatic hydroxyl groups is 1. The van der Waals surface area contributed by atoms with Crippen molar-refractivity contribution >= 4 is 5.78 Å². The van der Waals surface area contributed by atoms with Crippen LogP contribution in [0.2, 0.25) is 0 Å². The normalized spacial score (nSPS) is 32.1. The predicted molar refractivity (Wildman–Crippen MR) is 54.0 cm³/mol. The summed E-state index contributed by atoms with van der Waals surface area (Å²) in [5.74, 6) is 0.814. The van der Waals surface area contributed by atoms with Crippen LogP contribution in [0, 0.1) is 11.3 Å². The number of aliphatic hydroxyl groups excluding tert-OH is 1. The van der Waals surface area contributed by atoms with Crippen molar-refractivity contribution in [3.63, 3.8) is 0 Å². The molecular formula is C11H19NO2. The SMILES string of the molecule is O=C1CCC(CO)CC12CCNCC2. The fraction of sp³-hybridized carbons (Fsp3) is 0.909. The Balaban J connectivity index is 2.09. The van der Waals surface area contributed by atoms with Crippen LogP contribution in [0.1, 0.15) is 32.1 Å². The van der Waals surface area contributed by atoms with Gasteiger partial charge in [0, 0.05) is 18.4 Å². The molecule has 0 aromatic heterocycles. The number of nitrogens with one attached hydrogen (secondary N) is 1. The van der Waals surface area contributed by atoms with Gasteiger partial charge in [0.25, 0.3) is 0 Å². The molecule has 2 N–H and O–H groups in total. The van der Waals surface area contributed by atoms with Gasteiger partial charge in [-0.15, -0.1) is 0 Å². The van der Waals surface area contributed by atoms with E-state index in [-0.39, 0.29) is 12.0 Å². The van der Waals surface area contributed by atoms with Crippen LogP contribution in [-0.4, -0.2) is 30.6 Å². The molecule has 1 heterocycles. The quantitative estimate of drug-likeness (QED) is 0.651. The highest BCUT2D eigenvalue weighted by Gasteiger charge is 2.43. The first-order chi connectivity index (χ1) is 6.77. The Hall–Kier alpha value is -0.410. The Morgan fingerprint density at radius 2 is 2.14 bits per heavy atom. The van der Waals surface area contributed by atoms with E-state index in [1.54, 1.807) is 0 Å². The maximum absolute atomic E-state index is 11.9. The van der Waals surface area contributed by atoms with Crippen LogP contribution in [0.5, 0.6) is 0 Å². The molecule has 3 nitrogen and oxygen atoms in total. The average Bonchev–Trinajstić information content (AvgIpc) is 2.24. The van der Waals surface area contributed by atoms with Crippen molar-refractivity contribution in [2.75, 3.05) is 19.7 Å². The lowest BCUT2D eigenvalue weighted by molar-refractivity contribution is -0.135. The van der Waals surface area contributed by atoms with Crippen LogP contribution in [0.25, 0.3) is 0 Å². The molecule has 1 saturated carbocycles. The molecule has 1 spiro atoms. The molecule has 1 aliphatic carbocycles. The number of ketones is 1. The van der Waals surface area contributed by atoms with Crippen LogP contribution in [-0.2, 0) is 4.79 Å². The van der Waals surface area contributed by atoms with E-state index in [4.69, 9.17) is 5.11 Å². The van der Waals surface area contributed by atoms with Gasteiger partial charge in [0.1, 0.15) is 5.78 Å². The van der Waals surface area contributed by atoms with Crippen molar-refractivity contribution in [3.8, 4) is 0 Å². The minimum Gasteiger partial charge on any atom is -0.396 e. The monoisotopic (exact) mass is 197 g/mol. The first-order valence-electron chi connectivity index (χ1n) is 5.62. The summed E-state index contributed by atoms with van der Waals surface area (Å²) in [5.41, 5.74) is -0.0725. The summed E-state index contributed by atoms with van der Waals surface area (Å²) in [5, 5.41) is 12.5. The summed E-state index contributed by atoms with van der Waals surface area (Å²) < 4.78 is 0. The Kier molecular flexibility index (Phi) is 2.88. The molecule has 14 heavy (non-hydrogen) atoms. The lowest BCUT2D eigenvalue weighted by Gasteiger charge is -2.42. The first kappa shape index (κ1) is 10.1. The highest BCUT2D eigenvalue weighted by molar-refractivity contribution is 5.85. The van der Waals surface area contributed by atoms with Gasteiger partial charge in [-0.3, -0.25) is 4.79 Å². The zero-order valence-electron chi connectivity index (χ0n) is 8.59. The van der Waals surface area contributed by atoms with E-state index in [1.165, 1.54) is 0 Å². The van der Waals surface area contributed by atoms with E-state index in [0.29, 0.717) is 18.1 Å². The van der Waals surface area contributed by atoms with E-state index in [2.05, 4.69) is 5.32 Å². The van der Waals surface area contributed by atoms with Gasteiger partial charge in [0.2, 0.25) is 0 Å². The van der Waals surface area contributed by atoms with Crippen molar-refractivity contribution < 1.29 is 9.90 Å². The summed E-state index contributed by atoms with van der Waals surface area (Å²) in [6.45, 7) is 2.18. The van der Waals surface area contributed by atoms with Gasteiger partial charge in [-0.2, -0.15) is 0 Å². The molecule has 2 fully saturated rings. The second-order valence-electron chi connectivity index (χ2n) is 4.74. The number of piperidine rings is 1. The highest BCUT2D eigenvalue weighted by Crippen LogP contribution is 2.42. The fourth-order valence-corrected chi connectivity index (χ4v) is 2.91. The number of rotatable bonds is 1. The molecule has 0 amide bonds. The molecule has 0 aromatic carbocycles. The maximum Gasteiger partial charge on any atom is 0.139 e. The molecule has 1 aliphatic heterocycles. The second kappa shape index (κ2) is 3.99. The second-order valence-corrected chi connectivity index (χ2v) is 4.74. The highest BCUT2D eigenvalue weighted by atomic mass is 16.3. The molecule has 3 heteroatoms. The van der Waals surface area contributed by atoms with Crippen molar-refractivity contribution in [1.29, 1.82) is 0 Å². The number of hydrogen-bond acceptors (Lipinski definition) is 3. The molecule has 80 valence electrons. The van der Waals surface area contributed by atoms with Crippen LogP contribution < -0.4 is 5.32 Å². The molecule has 1 atom stereocenters. The largest absolute Gasteiger partial charge is 0.396 e. The van der Waals surface area contributed by atoms with Gasteiger partial charge in [0.05, 0.1) is 0 Å². The average molecular weight is 197 g/mol. The van der Waals surface area contributed by atoms with Crippen molar-refractivity contribution in [2.24, 2.45) is 11.3 Å². The minimum atomic E-state index is -0.0725. The van der Waals surface area contributed by atoms with Gasteiger partial charge < -0.3 is 10.4 Å². The molecule has 2 aliphatic rings. The Labute approximate surface area is 84.9 Å². The molecule has 2 rings (SSSR count). The minimum absolute atomic E-state index is 0.0725. The molecular weight excluding hydrogens is 178 g/mol. The zero-order chi connectivity index (χ0) is 10.0. The molecule has 0 radical (unpaired) electrons. The van der Waals surface area contributed by atoms with Crippen LogP contribution in [0.3, 0.4) is 0 Å². The van der Waals surface area contributed by atoms with Crippen molar-refractivity contribution in [2.45, 2.75) is 32.1 Å². The van der Waals surface area contributed by atoms with E-state index >= 15 is 0 Å². The standard InChI is InChI=1S/C11H19NO2/c13-8-9-1-2-10(14)11(7-9)3-5-12-6-4-11/h9,12-13H,1-8H2. The molecule has 0 bridgehead atoms. The fourth-order valence-electron chi connectivity index (χ4n) is 2.91. The summed E-state index contributed by atoms with van der Waals surface area (Å²) in [6, 6.07) is 0. The summed E-state index contributed by atoms with van der Waals surface area (Å²) in [4.78, 5) is 11.9. The Morgan fingerprint density at radius 3 is 2.79 bits per heavy atom. The van der Waals surface area contributed by atoms with E-state index < -0.39 is 0 Å². The number of Topliss-reactive ketones (excluding diaryl/α,β-unsaturated/α-hetero) is 1. The lowest BCUT2D eigenvalue weighted by Crippen LogP contribution is -2.46. The van der Waals surface area contributed by atoms with Gasteiger partial charge >= 0.3 is 0 Å². The Morgan fingerprint density at radius 1 is 1.43 bits per heavy atom. The van der Waals surface area contributed by atoms with Gasteiger partial charge in [-0.05, 0) is 44.7 Å². The lowest BCUT2D eigenvalue weighted by atomic mass is 9.64.